The quantitative estimate of drug-likeness (QED) is 0.751. The minimum Gasteiger partial charge on any atom is -0.481 e. The maximum Gasteiger partial charge on any atom is 0.308 e. The van der Waals surface area contributed by atoms with Crippen LogP contribution < -0.4 is 5.32 Å². The zero-order valence-corrected chi connectivity index (χ0v) is 10.5. The van der Waals surface area contributed by atoms with E-state index in [0.29, 0.717) is 18.9 Å². The number of fused-ring (bicyclic) bond motifs is 2. The highest BCUT2D eigenvalue weighted by Crippen LogP contribution is 2.42. The van der Waals surface area contributed by atoms with Gasteiger partial charge in [-0.2, -0.15) is 0 Å². The molecule has 18 heavy (non-hydrogen) atoms. The van der Waals surface area contributed by atoms with Gasteiger partial charge in [0, 0.05) is 31.1 Å². The van der Waals surface area contributed by atoms with E-state index in [1.165, 1.54) is 12.8 Å². The second kappa shape index (κ2) is 4.53. The van der Waals surface area contributed by atoms with Crippen molar-refractivity contribution in [2.45, 2.75) is 56.7 Å². The van der Waals surface area contributed by atoms with E-state index < -0.39 is 5.97 Å². The number of nitrogens with zero attached hydrogens (tertiary/aromatic N) is 1. The van der Waals surface area contributed by atoms with Crippen molar-refractivity contribution in [3.63, 3.8) is 0 Å². The zero-order valence-electron chi connectivity index (χ0n) is 10.5. The molecule has 1 amide bonds. The molecule has 3 rings (SSSR count). The van der Waals surface area contributed by atoms with Gasteiger partial charge in [0.25, 0.3) is 0 Å². The minimum absolute atomic E-state index is 0.0408. The standard InChI is InChI=1S/C13H20N2O3/c16-12(5-6-14-8-1-2-8)15-9-3-4-11(15)10(7-9)13(17)18/h8-11,14H,1-7H2,(H,17,18). The Balaban J connectivity index is 1.55. The zero-order chi connectivity index (χ0) is 12.7. The fourth-order valence-corrected chi connectivity index (χ4v) is 3.44. The average Bonchev–Trinajstić information content (AvgIpc) is 2.98. The van der Waals surface area contributed by atoms with Gasteiger partial charge in [0.15, 0.2) is 0 Å². The summed E-state index contributed by atoms with van der Waals surface area (Å²) in [5.41, 5.74) is 0. The molecule has 2 N–H and O–H groups in total. The first-order valence-electron chi connectivity index (χ1n) is 6.94. The smallest absolute Gasteiger partial charge is 0.308 e. The number of amides is 1. The molecule has 0 aromatic heterocycles. The molecule has 3 atom stereocenters. The number of hydrogen-bond acceptors (Lipinski definition) is 3. The SMILES string of the molecule is O=C(O)C1CC2CCC1N2C(=O)CCNC1CC1. The Labute approximate surface area is 107 Å². The Kier molecular flexibility index (Phi) is 3.01. The third-order valence-electron chi connectivity index (χ3n) is 4.49. The van der Waals surface area contributed by atoms with Crippen LogP contribution in [0.4, 0.5) is 0 Å². The van der Waals surface area contributed by atoms with Crippen molar-refractivity contribution in [2.24, 2.45) is 5.92 Å². The molecule has 0 spiro atoms. The molecule has 2 saturated heterocycles. The topological polar surface area (TPSA) is 69.6 Å². The van der Waals surface area contributed by atoms with Crippen LogP contribution in [0.3, 0.4) is 0 Å². The molecule has 5 nitrogen and oxygen atoms in total. The molecule has 3 aliphatic rings. The van der Waals surface area contributed by atoms with Crippen LogP contribution in [0.2, 0.25) is 0 Å². The van der Waals surface area contributed by atoms with Crippen LogP contribution in [0, 0.1) is 5.92 Å². The van der Waals surface area contributed by atoms with Crippen molar-refractivity contribution in [1.29, 1.82) is 0 Å². The number of hydrogen-bond donors (Lipinski definition) is 2. The highest BCUT2D eigenvalue weighted by Gasteiger charge is 2.50. The highest BCUT2D eigenvalue weighted by molar-refractivity contribution is 5.80. The maximum absolute atomic E-state index is 12.2. The van der Waals surface area contributed by atoms with Gasteiger partial charge >= 0.3 is 5.97 Å². The van der Waals surface area contributed by atoms with Gasteiger partial charge in [-0.3, -0.25) is 9.59 Å². The van der Waals surface area contributed by atoms with E-state index in [4.69, 9.17) is 5.11 Å². The van der Waals surface area contributed by atoms with E-state index in [1.807, 2.05) is 4.90 Å². The summed E-state index contributed by atoms with van der Waals surface area (Å²) in [6.45, 7) is 0.733. The first-order valence-corrected chi connectivity index (χ1v) is 6.94. The highest BCUT2D eigenvalue weighted by atomic mass is 16.4. The Morgan fingerprint density at radius 1 is 1.22 bits per heavy atom. The summed E-state index contributed by atoms with van der Waals surface area (Å²) in [7, 11) is 0. The molecular formula is C13H20N2O3. The summed E-state index contributed by atoms with van der Waals surface area (Å²) < 4.78 is 0. The van der Waals surface area contributed by atoms with Crippen molar-refractivity contribution >= 4 is 11.9 Å². The summed E-state index contributed by atoms with van der Waals surface area (Å²) in [6.07, 6.45) is 5.46. The average molecular weight is 252 g/mol. The van der Waals surface area contributed by atoms with Gasteiger partial charge in [-0.15, -0.1) is 0 Å². The van der Waals surface area contributed by atoms with Crippen molar-refractivity contribution in [1.82, 2.24) is 10.2 Å². The summed E-state index contributed by atoms with van der Waals surface area (Å²) in [6, 6.07) is 0.769. The Morgan fingerprint density at radius 2 is 2.00 bits per heavy atom. The van der Waals surface area contributed by atoms with Gasteiger partial charge in [-0.05, 0) is 32.1 Å². The molecule has 0 radical (unpaired) electrons. The predicted octanol–water partition coefficient (Wildman–Crippen LogP) is 0.593. The lowest BCUT2D eigenvalue weighted by Gasteiger charge is -2.23. The van der Waals surface area contributed by atoms with Crippen LogP contribution in [-0.4, -0.2) is 46.6 Å². The van der Waals surface area contributed by atoms with E-state index in [0.717, 1.165) is 19.4 Å². The first-order chi connectivity index (χ1) is 8.66. The largest absolute Gasteiger partial charge is 0.481 e. The number of rotatable bonds is 5. The third kappa shape index (κ3) is 2.11. The normalized spacial score (nSPS) is 34.0. The van der Waals surface area contributed by atoms with E-state index in [2.05, 4.69) is 5.32 Å². The molecule has 3 fully saturated rings. The lowest BCUT2D eigenvalue weighted by molar-refractivity contribution is -0.143. The van der Waals surface area contributed by atoms with E-state index in [1.54, 1.807) is 0 Å². The number of carbonyl (C=O) groups is 2. The molecule has 0 aromatic rings. The molecule has 2 heterocycles. The fraction of sp³-hybridized carbons (Fsp3) is 0.846. The Bertz CT molecular complexity index is 367. The van der Waals surface area contributed by atoms with E-state index in [-0.39, 0.29) is 23.9 Å². The van der Waals surface area contributed by atoms with Crippen LogP contribution in [-0.2, 0) is 9.59 Å². The van der Waals surface area contributed by atoms with Crippen molar-refractivity contribution in [2.75, 3.05) is 6.54 Å². The monoisotopic (exact) mass is 252 g/mol. The van der Waals surface area contributed by atoms with Crippen LogP contribution in [0.25, 0.3) is 0 Å². The minimum atomic E-state index is -0.740. The summed E-state index contributed by atoms with van der Waals surface area (Å²) in [5, 5.41) is 12.5. The lowest BCUT2D eigenvalue weighted by Crippen LogP contribution is -2.39. The molecule has 2 aliphatic heterocycles. The Hall–Kier alpha value is -1.10. The molecule has 0 aromatic carbocycles. The summed E-state index contributed by atoms with van der Waals surface area (Å²) >= 11 is 0. The lowest BCUT2D eigenvalue weighted by atomic mass is 9.89. The Morgan fingerprint density at radius 3 is 2.61 bits per heavy atom. The van der Waals surface area contributed by atoms with Gasteiger partial charge in [0.2, 0.25) is 5.91 Å². The van der Waals surface area contributed by atoms with Crippen molar-refractivity contribution in [3.05, 3.63) is 0 Å². The van der Waals surface area contributed by atoms with Crippen molar-refractivity contribution < 1.29 is 14.7 Å². The van der Waals surface area contributed by atoms with E-state index in [9.17, 15) is 9.59 Å². The molecule has 1 aliphatic carbocycles. The molecule has 2 bridgehead atoms. The number of carbonyl (C=O) groups excluding carboxylic acids is 1. The first kappa shape index (κ1) is 12.0. The maximum atomic E-state index is 12.2. The molecular weight excluding hydrogens is 232 g/mol. The van der Waals surface area contributed by atoms with Gasteiger partial charge in [0.1, 0.15) is 0 Å². The van der Waals surface area contributed by atoms with Crippen LogP contribution in [0.5, 0.6) is 0 Å². The number of nitrogens with one attached hydrogen (secondary N) is 1. The number of carboxylic acids is 1. The van der Waals surface area contributed by atoms with Gasteiger partial charge in [0.05, 0.1) is 5.92 Å². The molecule has 5 heteroatoms. The third-order valence-corrected chi connectivity index (χ3v) is 4.49. The fourth-order valence-electron chi connectivity index (χ4n) is 3.44. The van der Waals surface area contributed by atoms with Crippen molar-refractivity contribution in [3.8, 4) is 0 Å². The van der Waals surface area contributed by atoms with Crippen LogP contribution in [0.15, 0.2) is 0 Å². The summed E-state index contributed by atoms with van der Waals surface area (Å²) in [5.74, 6) is -0.931. The second-order valence-electron chi connectivity index (χ2n) is 5.76. The summed E-state index contributed by atoms with van der Waals surface area (Å²) in [4.78, 5) is 25.2. The van der Waals surface area contributed by atoms with Gasteiger partial charge in [-0.1, -0.05) is 0 Å². The van der Waals surface area contributed by atoms with E-state index >= 15 is 0 Å². The van der Waals surface area contributed by atoms with Crippen LogP contribution in [0.1, 0.15) is 38.5 Å². The second-order valence-corrected chi connectivity index (χ2v) is 5.76. The molecule has 1 saturated carbocycles. The van der Waals surface area contributed by atoms with Crippen LogP contribution >= 0.6 is 0 Å². The number of aliphatic carboxylic acids is 1. The predicted molar refractivity (Wildman–Crippen MR) is 65.0 cm³/mol. The molecule has 3 unspecified atom stereocenters. The van der Waals surface area contributed by atoms with Gasteiger partial charge in [-0.25, -0.2) is 0 Å². The van der Waals surface area contributed by atoms with Gasteiger partial charge < -0.3 is 15.3 Å². The number of carboxylic acid groups (broad SMARTS) is 1. The molecule has 100 valence electrons.